The molecular formula is C9H9ClF2O3S. The van der Waals surface area contributed by atoms with Crippen LogP contribution in [0.1, 0.15) is 5.56 Å². The Bertz CT molecular complexity index is 488. The van der Waals surface area contributed by atoms with E-state index in [2.05, 4.69) is 4.74 Å². The van der Waals surface area contributed by atoms with Crippen LogP contribution in [-0.2, 0) is 15.5 Å². The van der Waals surface area contributed by atoms with Gasteiger partial charge in [-0.2, -0.15) is 4.39 Å². The first kappa shape index (κ1) is 13.2. The molecular weight excluding hydrogens is 262 g/mol. The Labute approximate surface area is 96.4 Å². The van der Waals surface area contributed by atoms with E-state index in [0.717, 1.165) is 6.07 Å². The highest BCUT2D eigenvalue weighted by Gasteiger charge is 2.13. The van der Waals surface area contributed by atoms with Crippen LogP contribution in [0.25, 0.3) is 0 Å². The quantitative estimate of drug-likeness (QED) is 0.787. The molecule has 0 aromatic heterocycles. The first-order valence-corrected chi connectivity index (χ1v) is 6.75. The molecule has 0 unspecified atom stereocenters. The Morgan fingerprint density at radius 1 is 1.38 bits per heavy atom. The average molecular weight is 271 g/mol. The molecule has 0 spiro atoms. The molecule has 1 aromatic rings. The zero-order valence-electron chi connectivity index (χ0n) is 8.34. The summed E-state index contributed by atoms with van der Waals surface area (Å²) in [4.78, 5) is 0. The highest BCUT2D eigenvalue weighted by atomic mass is 35.7. The highest BCUT2D eigenvalue weighted by Crippen LogP contribution is 2.22. The van der Waals surface area contributed by atoms with Crippen molar-refractivity contribution in [1.29, 1.82) is 0 Å². The van der Waals surface area contributed by atoms with E-state index in [1.807, 2.05) is 0 Å². The smallest absolute Gasteiger partial charge is 0.232 e. The summed E-state index contributed by atoms with van der Waals surface area (Å²) in [5, 5.41) is 0. The van der Waals surface area contributed by atoms with Gasteiger partial charge >= 0.3 is 0 Å². The maximum Gasteiger partial charge on any atom is 0.232 e. The van der Waals surface area contributed by atoms with Gasteiger partial charge in [-0.3, -0.25) is 0 Å². The zero-order chi connectivity index (χ0) is 12.3. The molecule has 1 rings (SSSR count). The average Bonchev–Trinajstić information content (AvgIpc) is 2.18. The summed E-state index contributed by atoms with van der Waals surface area (Å²) in [5.41, 5.74) is 0.306. The summed E-state index contributed by atoms with van der Waals surface area (Å²) in [6.07, 6.45) is -0.000602. The van der Waals surface area contributed by atoms with E-state index >= 15 is 0 Å². The Morgan fingerprint density at radius 3 is 2.50 bits per heavy atom. The van der Waals surface area contributed by atoms with Crippen molar-refractivity contribution in [1.82, 2.24) is 0 Å². The van der Waals surface area contributed by atoms with Crippen molar-refractivity contribution in [3.05, 3.63) is 29.3 Å². The summed E-state index contributed by atoms with van der Waals surface area (Å²) in [5.74, 6) is -2.79. The van der Waals surface area contributed by atoms with Crippen molar-refractivity contribution >= 4 is 19.7 Å². The lowest BCUT2D eigenvalue weighted by Gasteiger charge is -2.06. The van der Waals surface area contributed by atoms with Gasteiger partial charge in [0, 0.05) is 10.7 Å². The first-order valence-electron chi connectivity index (χ1n) is 4.27. The summed E-state index contributed by atoms with van der Waals surface area (Å²) < 4.78 is 52.0. The number of aryl methyl sites for hydroxylation is 1. The van der Waals surface area contributed by atoms with Crippen LogP contribution >= 0.6 is 10.7 Å². The lowest BCUT2D eigenvalue weighted by Crippen LogP contribution is -2.03. The van der Waals surface area contributed by atoms with Crippen LogP contribution < -0.4 is 4.74 Å². The molecule has 0 radical (unpaired) electrons. The van der Waals surface area contributed by atoms with Gasteiger partial charge in [0.2, 0.25) is 14.9 Å². The maximum absolute atomic E-state index is 13.0. The summed E-state index contributed by atoms with van der Waals surface area (Å²) in [6, 6.07) is 2.15. The number of halogens is 3. The van der Waals surface area contributed by atoms with Gasteiger partial charge in [-0.15, -0.1) is 0 Å². The molecule has 0 saturated carbocycles. The molecule has 0 aliphatic heterocycles. The Morgan fingerprint density at radius 2 is 2.00 bits per heavy atom. The van der Waals surface area contributed by atoms with Gasteiger partial charge in [0.05, 0.1) is 12.9 Å². The van der Waals surface area contributed by atoms with Crippen molar-refractivity contribution in [3.63, 3.8) is 0 Å². The van der Waals surface area contributed by atoms with Crippen LogP contribution in [0.15, 0.2) is 12.1 Å². The van der Waals surface area contributed by atoms with Crippen LogP contribution in [0.4, 0.5) is 8.78 Å². The van der Waals surface area contributed by atoms with Crippen LogP contribution in [-0.4, -0.2) is 21.3 Å². The lowest BCUT2D eigenvalue weighted by molar-refractivity contribution is 0.371. The van der Waals surface area contributed by atoms with Crippen LogP contribution in [0.5, 0.6) is 5.75 Å². The predicted octanol–water partition coefficient (Wildman–Crippen LogP) is 2.08. The molecule has 0 aliphatic carbocycles. The number of benzene rings is 1. The Hall–Kier alpha value is -0.880. The molecule has 16 heavy (non-hydrogen) atoms. The molecule has 0 atom stereocenters. The third-order valence-electron chi connectivity index (χ3n) is 1.91. The molecule has 0 bridgehead atoms. The number of hydrogen-bond acceptors (Lipinski definition) is 3. The normalized spacial score (nSPS) is 11.5. The SMILES string of the molecule is COc1cc(CCS(=O)(=O)Cl)cc(F)c1F. The minimum absolute atomic E-state index is 0.000602. The molecule has 0 N–H and O–H groups in total. The third kappa shape index (κ3) is 3.61. The van der Waals surface area contributed by atoms with Gasteiger partial charge in [0.1, 0.15) is 0 Å². The number of rotatable bonds is 4. The number of hydrogen-bond donors (Lipinski definition) is 0. The largest absolute Gasteiger partial charge is 0.494 e. The van der Waals surface area contributed by atoms with Crippen molar-refractivity contribution < 1.29 is 21.9 Å². The molecule has 7 heteroatoms. The third-order valence-corrected chi connectivity index (χ3v) is 3.06. The van der Waals surface area contributed by atoms with Crippen LogP contribution in [0.3, 0.4) is 0 Å². The molecule has 0 aliphatic rings. The second-order valence-electron chi connectivity index (χ2n) is 3.09. The van der Waals surface area contributed by atoms with Crippen LogP contribution in [0, 0.1) is 11.6 Å². The Balaban J connectivity index is 2.94. The van der Waals surface area contributed by atoms with E-state index in [-0.39, 0.29) is 17.9 Å². The zero-order valence-corrected chi connectivity index (χ0v) is 9.91. The molecule has 0 saturated heterocycles. The molecule has 0 amide bonds. The molecule has 1 aromatic carbocycles. The van der Waals surface area contributed by atoms with Gasteiger partial charge in [0.15, 0.2) is 11.6 Å². The van der Waals surface area contributed by atoms with Gasteiger partial charge < -0.3 is 4.74 Å². The molecule has 0 fully saturated rings. The highest BCUT2D eigenvalue weighted by molar-refractivity contribution is 8.13. The van der Waals surface area contributed by atoms with E-state index in [1.54, 1.807) is 0 Å². The van der Waals surface area contributed by atoms with E-state index in [0.29, 0.717) is 5.56 Å². The predicted molar refractivity (Wildman–Crippen MR) is 56.3 cm³/mol. The fraction of sp³-hybridized carbons (Fsp3) is 0.333. The summed E-state index contributed by atoms with van der Waals surface area (Å²) in [6.45, 7) is 0. The lowest BCUT2D eigenvalue weighted by atomic mass is 10.1. The number of methoxy groups -OCH3 is 1. The minimum Gasteiger partial charge on any atom is -0.494 e. The number of ether oxygens (including phenoxy) is 1. The van der Waals surface area contributed by atoms with Gasteiger partial charge in [-0.05, 0) is 24.1 Å². The molecule has 3 nitrogen and oxygen atoms in total. The first-order chi connectivity index (χ1) is 7.33. The molecule has 0 heterocycles. The fourth-order valence-electron chi connectivity index (χ4n) is 1.15. The topological polar surface area (TPSA) is 43.4 Å². The summed E-state index contributed by atoms with van der Waals surface area (Å²) >= 11 is 0. The van der Waals surface area contributed by atoms with Gasteiger partial charge in [0.25, 0.3) is 0 Å². The second-order valence-corrected chi connectivity index (χ2v) is 5.98. The van der Waals surface area contributed by atoms with E-state index in [4.69, 9.17) is 10.7 Å². The second kappa shape index (κ2) is 4.97. The van der Waals surface area contributed by atoms with Crippen molar-refractivity contribution in [3.8, 4) is 5.75 Å². The van der Waals surface area contributed by atoms with E-state index < -0.39 is 20.7 Å². The Kier molecular flexibility index (Phi) is 4.09. The molecule has 90 valence electrons. The fourth-order valence-corrected chi connectivity index (χ4v) is 1.86. The van der Waals surface area contributed by atoms with E-state index in [9.17, 15) is 17.2 Å². The minimum atomic E-state index is -3.65. The maximum atomic E-state index is 13.0. The van der Waals surface area contributed by atoms with Crippen molar-refractivity contribution in [2.24, 2.45) is 0 Å². The van der Waals surface area contributed by atoms with Crippen molar-refractivity contribution in [2.75, 3.05) is 12.9 Å². The van der Waals surface area contributed by atoms with Gasteiger partial charge in [-0.25, -0.2) is 12.8 Å². The summed E-state index contributed by atoms with van der Waals surface area (Å²) in [7, 11) is 2.55. The monoisotopic (exact) mass is 270 g/mol. The van der Waals surface area contributed by atoms with Crippen molar-refractivity contribution in [2.45, 2.75) is 6.42 Å². The van der Waals surface area contributed by atoms with E-state index in [1.165, 1.54) is 13.2 Å². The van der Waals surface area contributed by atoms with Crippen LogP contribution in [0.2, 0.25) is 0 Å². The van der Waals surface area contributed by atoms with Gasteiger partial charge in [-0.1, -0.05) is 0 Å². The standard InChI is InChI=1S/C9H9ClF2O3S/c1-15-8-5-6(2-3-16(10,13)14)4-7(11)9(8)12/h4-5H,2-3H2,1H3.